The predicted molar refractivity (Wildman–Crippen MR) is 113 cm³/mol. The summed E-state index contributed by atoms with van der Waals surface area (Å²) in [5, 5.41) is 0. The number of ether oxygens (including phenoxy) is 2. The SMILES string of the molecule is CC[C@@](C)(CC[C@H]1[C@](C)(OC(=O)C(F)(F)F)CCC2C(C)(C)CCC[C@@]21C)OC(=O)C(F)(F)F. The van der Waals surface area contributed by atoms with Crippen molar-refractivity contribution < 1.29 is 45.4 Å². The Morgan fingerprint density at radius 3 is 1.97 bits per heavy atom. The fourth-order valence-corrected chi connectivity index (χ4v) is 6.66. The minimum absolute atomic E-state index is 0.00210. The second-order valence-electron chi connectivity index (χ2n) is 11.4. The van der Waals surface area contributed by atoms with Gasteiger partial charge in [-0.15, -0.1) is 0 Å². The summed E-state index contributed by atoms with van der Waals surface area (Å²) in [6.07, 6.45) is -6.77. The molecule has 2 rings (SSSR count). The molecule has 0 aromatic carbocycles. The Balaban J connectivity index is 2.41. The van der Waals surface area contributed by atoms with Gasteiger partial charge in [0.1, 0.15) is 11.2 Å². The molecule has 0 saturated heterocycles. The van der Waals surface area contributed by atoms with Crippen LogP contribution in [0.3, 0.4) is 0 Å². The molecular formula is C24H36F6O4. The Labute approximate surface area is 197 Å². The lowest BCUT2D eigenvalue weighted by Crippen LogP contribution is -2.59. The first-order valence-corrected chi connectivity index (χ1v) is 11.8. The third-order valence-corrected chi connectivity index (χ3v) is 8.58. The van der Waals surface area contributed by atoms with E-state index in [9.17, 15) is 35.9 Å². The molecule has 198 valence electrons. The molecule has 1 unspecified atom stereocenters. The van der Waals surface area contributed by atoms with Crippen LogP contribution in [-0.2, 0) is 19.1 Å². The standard InChI is InChI=1S/C24H36F6O4/c1-7-20(4,33-17(31)23(25,26)27)13-9-16-21(5)12-8-11-19(2,3)15(21)10-14-22(16,6)34-18(32)24(28,29)30/h15-16H,7-14H2,1-6H3/t15?,16-,20+,21+,22-/m1/s1. The summed E-state index contributed by atoms with van der Waals surface area (Å²) in [7, 11) is 0. The van der Waals surface area contributed by atoms with Crippen molar-refractivity contribution in [3.63, 3.8) is 0 Å². The van der Waals surface area contributed by atoms with Gasteiger partial charge in [0, 0.05) is 5.92 Å². The van der Waals surface area contributed by atoms with Crippen LogP contribution in [0.4, 0.5) is 26.3 Å². The molecule has 0 amide bonds. The van der Waals surface area contributed by atoms with Gasteiger partial charge < -0.3 is 9.47 Å². The first kappa shape index (κ1) is 28.8. The molecule has 5 atom stereocenters. The average Bonchev–Trinajstić information content (AvgIpc) is 2.65. The van der Waals surface area contributed by atoms with Crippen LogP contribution in [0.5, 0.6) is 0 Å². The monoisotopic (exact) mass is 502 g/mol. The van der Waals surface area contributed by atoms with Gasteiger partial charge in [0.2, 0.25) is 0 Å². The molecule has 2 saturated carbocycles. The Kier molecular flexibility index (Phi) is 7.77. The van der Waals surface area contributed by atoms with Crippen molar-refractivity contribution >= 4 is 11.9 Å². The van der Waals surface area contributed by atoms with Crippen molar-refractivity contribution in [1.82, 2.24) is 0 Å². The largest absolute Gasteiger partial charge is 0.490 e. The van der Waals surface area contributed by atoms with Crippen molar-refractivity contribution in [3.05, 3.63) is 0 Å². The van der Waals surface area contributed by atoms with Crippen molar-refractivity contribution in [2.24, 2.45) is 22.7 Å². The van der Waals surface area contributed by atoms with E-state index in [0.717, 1.165) is 12.8 Å². The van der Waals surface area contributed by atoms with Crippen LogP contribution in [0.2, 0.25) is 0 Å². The third-order valence-electron chi connectivity index (χ3n) is 8.58. The van der Waals surface area contributed by atoms with E-state index in [-0.39, 0.29) is 37.0 Å². The zero-order valence-corrected chi connectivity index (χ0v) is 20.7. The zero-order chi connectivity index (χ0) is 26.4. The van der Waals surface area contributed by atoms with E-state index in [0.29, 0.717) is 12.8 Å². The van der Waals surface area contributed by atoms with Gasteiger partial charge in [0.15, 0.2) is 0 Å². The summed E-state index contributed by atoms with van der Waals surface area (Å²) in [6.45, 7) is 10.7. The fourth-order valence-electron chi connectivity index (χ4n) is 6.66. The van der Waals surface area contributed by atoms with E-state index < -0.39 is 46.8 Å². The van der Waals surface area contributed by atoms with E-state index in [1.165, 1.54) is 13.8 Å². The number of fused-ring (bicyclic) bond motifs is 1. The smallest absolute Gasteiger partial charge is 0.453 e. The van der Waals surface area contributed by atoms with Crippen LogP contribution in [-0.4, -0.2) is 35.5 Å². The van der Waals surface area contributed by atoms with Gasteiger partial charge in [-0.05, 0) is 75.5 Å². The van der Waals surface area contributed by atoms with E-state index in [2.05, 4.69) is 13.8 Å². The average molecular weight is 503 g/mol. The Bertz CT molecular complexity index is 776. The minimum atomic E-state index is -5.16. The molecule has 2 aliphatic carbocycles. The molecule has 10 heteroatoms. The summed E-state index contributed by atoms with van der Waals surface area (Å²) in [5.41, 5.74) is -3.50. The summed E-state index contributed by atoms with van der Waals surface area (Å²) in [5.74, 6) is -4.98. The maximum atomic E-state index is 13.1. The van der Waals surface area contributed by atoms with E-state index in [4.69, 9.17) is 9.47 Å². The van der Waals surface area contributed by atoms with Crippen LogP contribution in [0, 0.1) is 22.7 Å². The number of rotatable bonds is 6. The number of hydrogen-bond donors (Lipinski definition) is 0. The molecule has 34 heavy (non-hydrogen) atoms. The van der Waals surface area contributed by atoms with Gasteiger partial charge in [-0.1, -0.05) is 34.1 Å². The fraction of sp³-hybridized carbons (Fsp3) is 0.917. The van der Waals surface area contributed by atoms with Crippen molar-refractivity contribution in [2.75, 3.05) is 0 Å². The minimum Gasteiger partial charge on any atom is -0.453 e. The van der Waals surface area contributed by atoms with Gasteiger partial charge in [0.05, 0.1) is 0 Å². The van der Waals surface area contributed by atoms with E-state index in [1.54, 1.807) is 6.92 Å². The number of alkyl halides is 6. The number of halogens is 6. The van der Waals surface area contributed by atoms with E-state index in [1.807, 2.05) is 6.92 Å². The van der Waals surface area contributed by atoms with Crippen LogP contribution in [0.15, 0.2) is 0 Å². The van der Waals surface area contributed by atoms with Crippen molar-refractivity contribution in [1.29, 1.82) is 0 Å². The second-order valence-corrected chi connectivity index (χ2v) is 11.4. The summed E-state index contributed by atoms with van der Waals surface area (Å²) in [4.78, 5) is 23.4. The normalized spacial score (nSPS) is 33.4. The quantitative estimate of drug-likeness (QED) is 0.286. The number of carbonyl (C=O) groups is 2. The molecule has 0 N–H and O–H groups in total. The highest BCUT2D eigenvalue weighted by molar-refractivity contribution is 5.76. The first-order valence-electron chi connectivity index (χ1n) is 11.8. The number of carbonyl (C=O) groups excluding carboxylic acids is 2. The topological polar surface area (TPSA) is 52.6 Å². The lowest BCUT2D eigenvalue weighted by atomic mass is 9.45. The maximum Gasteiger partial charge on any atom is 0.490 e. The van der Waals surface area contributed by atoms with Crippen LogP contribution in [0.25, 0.3) is 0 Å². The molecular weight excluding hydrogens is 466 g/mol. The summed E-state index contributed by atoms with van der Waals surface area (Å²) < 4.78 is 87.7. The predicted octanol–water partition coefficient (Wildman–Crippen LogP) is 7.15. The molecule has 0 bridgehead atoms. The second kappa shape index (κ2) is 9.19. The highest BCUT2D eigenvalue weighted by Gasteiger charge is 2.61. The molecule has 0 radical (unpaired) electrons. The number of hydrogen-bond acceptors (Lipinski definition) is 4. The van der Waals surface area contributed by atoms with Crippen molar-refractivity contribution in [2.45, 2.75) is 116 Å². The molecule has 0 spiro atoms. The molecule has 4 nitrogen and oxygen atoms in total. The van der Waals surface area contributed by atoms with Crippen molar-refractivity contribution in [3.8, 4) is 0 Å². The zero-order valence-electron chi connectivity index (χ0n) is 20.7. The molecule has 0 heterocycles. The van der Waals surface area contributed by atoms with Crippen LogP contribution < -0.4 is 0 Å². The Hall–Kier alpha value is -1.48. The molecule has 2 fully saturated rings. The maximum absolute atomic E-state index is 13.1. The molecule has 2 aliphatic rings. The number of esters is 2. The summed E-state index contributed by atoms with van der Waals surface area (Å²) in [6, 6.07) is 0. The van der Waals surface area contributed by atoms with Gasteiger partial charge in [-0.2, -0.15) is 26.3 Å². The highest BCUT2D eigenvalue weighted by atomic mass is 19.4. The molecule has 0 aromatic rings. The first-order chi connectivity index (χ1) is 15.2. The van der Waals surface area contributed by atoms with Crippen LogP contribution >= 0.6 is 0 Å². The summed E-state index contributed by atoms with van der Waals surface area (Å²) >= 11 is 0. The van der Waals surface area contributed by atoms with Gasteiger partial charge in [-0.3, -0.25) is 0 Å². The Morgan fingerprint density at radius 1 is 0.912 bits per heavy atom. The van der Waals surface area contributed by atoms with Gasteiger partial charge in [-0.25, -0.2) is 9.59 Å². The highest BCUT2D eigenvalue weighted by Crippen LogP contribution is 2.64. The van der Waals surface area contributed by atoms with Crippen LogP contribution in [0.1, 0.15) is 92.9 Å². The van der Waals surface area contributed by atoms with E-state index >= 15 is 0 Å². The Morgan fingerprint density at radius 2 is 1.47 bits per heavy atom. The third kappa shape index (κ3) is 5.83. The lowest BCUT2D eigenvalue weighted by molar-refractivity contribution is -0.238. The van der Waals surface area contributed by atoms with Gasteiger partial charge >= 0.3 is 24.3 Å². The molecule has 0 aliphatic heterocycles. The van der Waals surface area contributed by atoms with Gasteiger partial charge in [0.25, 0.3) is 0 Å². The molecule has 0 aromatic heterocycles. The lowest BCUT2D eigenvalue weighted by Gasteiger charge is -2.62.